The van der Waals surface area contributed by atoms with Gasteiger partial charge in [-0.1, -0.05) is 6.07 Å². The first kappa shape index (κ1) is 16.3. The smallest absolute Gasteiger partial charge is 0.237 e. The number of thioether (sulfide) groups is 1. The molecule has 2 aromatic carbocycles. The average Bonchev–Trinajstić information content (AvgIpc) is 2.51. The molecule has 0 spiro atoms. The zero-order chi connectivity index (χ0) is 16.1. The average molecular weight is 323 g/mol. The summed E-state index contributed by atoms with van der Waals surface area (Å²) in [5, 5.41) is 2.29. The second-order valence-corrected chi connectivity index (χ2v) is 5.97. The predicted octanol–water partition coefficient (Wildman–Crippen LogP) is 4.09. The van der Waals surface area contributed by atoms with Crippen LogP contribution in [0.4, 0.5) is 14.5 Å². The Balaban J connectivity index is 2.00. The number of benzene rings is 2. The van der Waals surface area contributed by atoms with Gasteiger partial charge in [-0.2, -0.15) is 0 Å². The Kier molecular flexibility index (Phi) is 5.38. The fourth-order valence-electron chi connectivity index (χ4n) is 1.75. The first-order valence-corrected chi connectivity index (χ1v) is 7.44. The van der Waals surface area contributed by atoms with Crippen molar-refractivity contribution in [3.8, 4) is 5.75 Å². The van der Waals surface area contributed by atoms with Crippen LogP contribution < -0.4 is 10.1 Å². The molecule has 2 rings (SSSR count). The lowest BCUT2D eigenvalue weighted by molar-refractivity contribution is -0.115. The van der Waals surface area contributed by atoms with Crippen molar-refractivity contribution in [2.24, 2.45) is 0 Å². The Morgan fingerprint density at radius 2 is 1.95 bits per heavy atom. The quantitative estimate of drug-likeness (QED) is 0.842. The van der Waals surface area contributed by atoms with E-state index < -0.39 is 16.9 Å². The van der Waals surface area contributed by atoms with Crippen LogP contribution in [0, 0.1) is 11.6 Å². The molecule has 2 aromatic rings. The van der Waals surface area contributed by atoms with Gasteiger partial charge in [0.2, 0.25) is 5.91 Å². The number of carbonyl (C=O) groups excluding carboxylic acids is 1. The molecule has 1 amide bonds. The zero-order valence-corrected chi connectivity index (χ0v) is 12.9. The lowest BCUT2D eigenvalue weighted by Gasteiger charge is -2.12. The third-order valence-corrected chi connectivity index (χ3v) is 4.00. The molecule has 0 unspecified atom stereocenters. The van der Waals surface area contributed by atoms with Gasteiger partial charge in [0.15, 0.2) is 11.6 Å². The SMILES string of the molecule is COc1cccc(NC(=O)[C@@H](C)Sc2ccc(F)c(F)c2)c1. The molecule has 0 aliphatic heterocycles. The second kappa shape index (κ2) is 7.26. The largest absolute Gasteiger partial charge is 0.497 e. The van der Waals surface area contributed by atoms with E-state index in [1.54, 1.807) is 38.3 Å². The summed E-state index contributed by atoms with van der Waals surface area (Å²) in [4.78, 5) is 12.6. The summed E-state index contributed by atoms with van der Waals surface area (Å²) in [5.74, 6) is -1.43. The van der Waals surface area contributed by atoms with Crippen LogP contribution in [0.2, 0.25) is 0 Å². The van der Waals surface area contributed by atoms with Crippen LogP contribution in [-0.4, -0.2) is 18.3 Å². The molecule has 1 N–H and O–H groups in total. The van der Waals surface area contributed by atoms with Gasteiger partial charge in [-0.05, 0) is 37.3 Å². The molecule has 0 radical (unpaired) electrons. The maximum absolute atomic E-state index is 13.2. The lowest BCUT2D eigenvalue weighted by Crippen LogP contribution is -2.22. The number of anilines is 1. The summed E-state index contributed by atoms with van der Waals surface area (Å²) in [6.07, 6.45) is 0. The van der Waals surface area contributed by atoms with E-state index in [4.69, 9.17) is 4.74 Å². The van der Waals surface area contributed by atoms with Crippen molar-refractivity contribution >= 4 is 23.4 Å². The standard InChI is InChI=1S/C16H15F2NO2S/c1-10(22-13-6-7-14(17)15(18)9-13)16(20)19-11-4-3-5-12(8-11)21-2/h3-10H,1-2H3,(H,19,20)/t10-/m1/s1. The molecular formula is C16H15F2NO2S. The Labute approximate surface area is 131 Å². The van der Waals surface area contributed by atoms with Crippen molar-refractivity contribution < 1.29 is 18.3 Å². The van der Waals surface area contributed by atoms with E-state index in [9.17, 15) is 13.6 Å². The second-order valence-electron chi connectivity index (χ2n) is 4.56. The summed E-state index contributed by atoms with van der Waals surface area (Å²) in [6.45, 7) is 1.70. The van der Waals surface area contributed by atoms with Crippen LogP contribution in [0.25, 0.3) is 0 Å². The van der Waals surface area contributed by atoms with E-state index in [1.807, 2.05) is 0 Å². The monoisotopic (exact) mass is 323 g/mol. The predicted molar refractivity (Wildman–Crippen MR) is 83.3 cm³/mol. The molecule has 22 heavy (non-hydrogen) atoms. The van der Waals surface area contributed by atoms with Crippen LogP contribution >= 0.6 is 11.8 Å². The summed E-state index contributed by atoms with van der Waals surface area (Å²) < 4.78 is 31.1. The van der Waals surface area contributed by atoms with E-state index in [1.165, 1.54) is 6.07 Å². The summed E-state index contributed by atoms with van der Waals surface area (Å²) in [7, 11) is 1.54. The molecule has 0 saturated heterocycles. The van der Waals surface area contributed by atoms with Crippen molar-refractivity contribution in [3.63, 3.8) is 0 Å². The molecule has 0 aliphatic carbocycles. The van der Waals surface area contributed by atoms with Crippen LogP contribution in [0.15, 0.2) is 47.4 Å². The molecule has 0 fully saturated rings. The molecule has 0 aromatic heterocycles. The molecule has 0 heterocycles. The van der Waals surface area contributed by atoms with E-state index >= 15 is 0 Å². The van der Waals surface area contributed by atoms with Gasteiger partial charge in [-0.25, -0.2) is 8.78 Å². The maximum Gasteiger partial charge on any atom is 0.237 e. The summed E-state index contributed by atoms with van der Waals surface area (Å²) in [5.41, 5.74) is 0.613. The Morgan fingerprint density at radius 3 is 2.64 bits per heavy atom. The van der Waals surface area contributed by atoms with Crippen LogP contribution in [-0.2, 0) is 4.79 Å². The van der Waals surface area contributed by atoms with Gasteiger partial charge in [-0.3, -0.25) is 4.79 Å². The third kappa shape index (κ3) is 4.21. The maximum atomic E-state index is 13.2. The Hall–Kier alpha value is -2.08. The van der Waals surface area contributed by atoms with Crippen LogP contribution in [0.5, 0.6) is 5.75 Å². The molecular weight excluding hydrogens is 308 g/mol. The molecule has 0 saturated carbocycles. The van der Waals surface area contributed by atoms with Gasteiger partial charge in [0.05, 0.1) is 12.4 Å². The molecule has 116 valence electrons. The number of nitrogens with one attached hydrogen (secondary N) is 1. The number of methoxy groups -OCH3 is 1. The topological polar surface area (TPSA) is 38.3 Å². The highest BCUT2D eigenvalue weighted by Crippen LogP contribution is 2.26. The minimum atomic E-state index is -0.926. The molecule has 3 nitrogen and oxygen atoms in total. The fourth-order valence-corrected chi connectivity index (χ4v) is 2.64. The fraction of sp³-hybridized carbons (Fsp3) is 0.188. The highest BCUT2D eigenvalue weighted by molar-refractivity contribution is 8.00. The number of hydrogen-bond acceptors (Lipinski definition) is 3. The first-order valence-electron chi connectivity index (χ1n) is 6.56. The zero-order valence-electron chi connectivity index (χ0n) is 12.1. The van der Waals surface area contributed by atoms with Gasteiger partial charge < -0.3 is 10.1 Å². The Bertz CT molecular complexity index is 679. The van der Waals surface area contributed by atoms with Gasteiger partial charge in [-0.15, -0.1) is 11.8 Å². The van der Waals surface area contributed by atoms with Crippen molar-refractivity contribution in [2.75, 3.05) is 12.4 Å². The highest BCUT2D eigenvalue weighted by Gasteiger charge is 2.15. The van der Waals surface area contributed by atoms with Crippen molar-refractivity contribution in [1.29, 1.82) is 0 Å². The minimum absolute atomic E-state index is 0.233. The lowest BCUT2D eigenvalue weighted by atomic mass is 10.3. The van der Waals surface area contributed by atoms with Crippen LogP contribution in [0.3, 0.4) is 0 Å². The van der Waals surface area contributed by atoms with E-state index in [0.29, 0.717) is 16.3 Å². The van der Waals surface area contributed by atoms with Gasteiger partial charge in [0.1, 0.15) is 5.75 Å². The first-order chi connectivity index (χ1) is 10.5. The number of amides is 1. The Morgan fingerprint density at radius 1 is 1.18 bits per heavy atom. The molecule has 0 bridgehead atoms. The molecule has 1 atom stereocenters. The normalized spacial score (nSPS) is 11.8. The van der Waals surface area contributed by atoms with Crippen molar-refractivity contribution in [3.05, 3.63) is 54.1 Å². The van der Waals surface area contributed by atoms with Crippen molar-refractivity contribution in [1.82, 2.24) is 0 Å². The number of ether oxygens (including phenoxy) is 1. The van der Waals surface area contributed by atoms with Gasteiger partial charge in [0.25, 0.3) is 0 Å². The van der Waals surface area contributed by atoms with E-state index in [2.05, 4.69) is 5.32 Å². The van der Waals surface area contributed by atoms with E-state index in [-0.39, 0.29) is 5.91 Å². The number of halogens is 2. The summed E-state index contributed by atoms with van der Waals surface area (Å²) in [6, 6.07) is 10.6. The minimum Gasteiger partial charge on any atom is -0.497 e. The summed E-state index contributed by atoms with van der Waals surface area (Å²) >= 11 is 1.15. The highest BCUT2D eigenvalue weighted by atomic mass is 32.2. The van der Waals surface area contributed by atoms with Gasteiger partial charge in [0, 0.05) is 16.6 Å². The van der Waals surface area contributed by atoms with Crippen molar-refractivity contribution in [2.45, 2.75) is 17.1 Å². The number of rotatable bonds is 5. The van der Waals surface area contributed by atoms with E-state index in [0.717, 1.165) is 23.9 Å². The van der Waals surface area contributed by atoms with Gasteiger partial charge >= 0.3 is 0 Å². The molecule has 0 aliphatic rings. The van der Waals surface area contributed by atoms with Crippen LogP contribution in [0.1, 0.15) is 6.92 Å². The third-order valence-electron chi connectivity index (χ3n) is 2.91. The number of hydrogen-bond donors (Lipinski definition) is 1. The number of carbonyl (C=O) groups is 1. The molecule has 6 heteroatoms.